The van der Waals surface area contributed by atoms with Gasteiger partial charge in [-0.15, -0.1) is 10.2 Å². The van der Waals surface area contributed by atoms with Crippen LogP contribution in [0.25, 0.3) is 0 Å². The van der Waals surface area contributed by atoms with Gasteiger partial charge in [0.1, 0.15) is 11.6 Å². The highest BCUT2D eigenvalue weighted by atomic mass is 19.1. The maximum absolute atomic E-state index is 13.0. The summed E-state index contributed by atoms with van der Waals surface area (Å²) in [4.78, 5) is 10.9. The standard InChI is InChI=1S/C15H17FN4O/c1-15(2,10-3-5-11(16)6-4-10)9-18-13-8-7-12(14(17)21)19-20-13/h3-8H,9H2,1-2H3,(H2,17,21)(H,18,20). The molecule has 2 rings (SSSR count). The van der Waals surface area contributed by atoms with E-state index >= 15 is 0 Å². The first kappa shape index (κ1) is 14.9. The zero-order valence-electron chi connectivity index (χ0n) is 11.9. The third-order valence-corrected chi connectivity index (χ3v) is 3.25. The molecular weight excluding hydrogens is 271 g/mol. The highest BCUT2D eigenvalue weighted by Gasteiger charge is 2.20. The van der Waals surface area contributed by atoms with E-state index in [0.29, 0.717) is 12.4 Å². The number of hydrogen-bond acceptors (Lipinski definition) is 4. The number of nitrogens with zero attached hydrogens (tertiary/aromatic N) is 2. The fraction of sp³-hybridized carbons (Fsp3) is 0.267. The third-order valence-electron chi connectivity index (χ3n) is 3.25. The Labute approximate surface area is 122 Å². The van der Waals surface area contributed by atoms with Gasteiger partial charge in [0.15, 0.2) is 5.69 Å². The van der Waals surface area contributed by atoms with Crippen LogP contribution in [-0.2, 0) is 5.41 Å². The first-order valence-electron chi connectivity index (χ1n) is 6.52. The van der Waals surface area contributed by atoms with Gasteiger partial charge < -0.3 is 11.1 Å². The summed E-state index contributed by atoms with van der Waals surface area (Å²) < 4.78 is 13.0. The van der Waals surface area contributed by atoms with Gasteiger partial charge in [-0.1, -0.05) is 26.0 Å². The zero-order chi connectivity index (χ0) is 15.5. The number of anilines is 1. The van der Waals surface area contributed by atoms with Crippen molar-refractivity contribution in [1.29, 1.82) is 0 Å². The molecule has 1 aromatic carbocycles. The lowest BCUT2D eigenvalue weighted by Gasteiger charge is -2.25. The molecule has 6 heteroatoms. The monoisotopic (exact) mass is 288 g/mol. The van der Waals surface area contributed by atoms with E-state index in [4.69, 9.17) is 5.73 Å². The van der Waals surface area contributed by atoms with Crippen LogP contribution < -0.4 is 11.1 Å². The largest absolute Gasteiger partial charge is 0.368 e. The molecule has 0 radical (unpaired) electrons. The van der Waals surface area contributed by atoms with E-state index in [2.05, 4.69) is 15.5 Å². The summed E-state index contributed by atoms with van der Waals surface area (Å²) in [6.07, 6.45) is 0. The fourth-order valence-corrected chi connectivity index (χ4v) is 1.87. The van der Waals surface area contributed by atoms with Crippen LogP contribution >= 0.6 is 0 Å². The Morgan fingerprint density at radius 1 is 1.19 bits per heavy atom. The van der Waals surface area contributed by atoms with Crippen molar-refractivity contribution in [1.82, 2.24) is 10.2 Å². The number of benzene rings is 1. The average molecular weight is 288 g/mol. The number of hydrogen-bond donors (Lipinski definition) is 2. The van der Waals surface area contributed by atoms with Crippen molar-refractivity contribution in [3.05, 3.63) is 53.5 Å². The zero-order valence-corrected chi connectivity index (χ0v) is 11.9. The summed E-state index contributed by atoms with van der Waals surface area (Å²) in [5.41, 5.74) is 6.03. The van der Waals surface area contributed by atoms with Gasteiger partial charge >= 0.3 is 0 Å². The number of carbonyl (C=O) groups excluding carboxylic acids is 1. The quantitative estimate of drug-likeness (QED) is 0.883. The van der Waals surface area contributed by atoms with E-state index in [-0.39, 0.29) is 16.9 Å². The van der Waals surface area contributed by atoms with Gasteiger partial charge in [0.25, 0.3) is 5.91 Å². The van der Waals surface area contributed by atoms with E-state index in [1.54, 1.807) is 18.2 Å². The van der Waals surface area contributed by atoms with Gasteiger partial charge in [0.05, 0.1) is 0 Å². The number of carbonyl (C=O) groups is 1. The second-order valence-corrected chi connectivity index (χ2v) is 5.41. The highest BCUT2D eigenvalue weighted by Crippen LogP contribution is 2.23. The molecule has 0 saturated carbocycles. The SMILES string of the molecule is CC(C)(CNc1ccc(C(N)=O)nn1)c1ccc(F)cc1. The van der Waals surface area contributed by atoms with Crippen LogP contribution in [0.15, 0.2) is 36.4 Å². The summed E-state index contributed by atoms with van der Waals surface area (Å²) in [7, 11) is 0. The summed E-state index contributed by atoms with van der Waals surface area (Å²) in [5.74, 6) is -0.314. The van der Waals surface area contributed by atoms with Crippen molar-refractivity contribution in [2.45, 2.75) is 19.3 Å². The van der Waals surface area contributed by atoms with Crippen molar-refractivity contribution in [3.63, 3.8) is 0 Å². The molecule has 0 bridgehead atoms. The van der Waals surface area contributed by atoms with Crippen LogP contribution in [0, 0.1) is 5.82 Å². The first-order valence-corrected chi connectivity index (χ1v) is 6.52. The first-order chi connectivity index (χ1) is 9.88. The number of halogens is 1. The molecule has 3 N–H and O–H groups in total. The number of aromatic nitrogens is 2. The lowest BCUT2D eigenvalue weighted by Crippen LogP contribution is -2.28. The molecule has 1 amide bonds. The molecule has 0 atom stereocenters. The molecule has 2 aromatic rings. The number of amides is 1. The molecule has 0 unspecified atom stereocenters. The lowest BCUT2D eigenvalue weighted by molar-refractivity contribution is 0.0994. The molecule has 21 heavy (non-hydrogen) atoms. The maximum Gasteiger partial charge on any atom is 0.269 e. The molecule has 0 saturated heterocycles. The van der Waals surface area contributed by atoms with Crippen molar-refractivity contribution in [2.24, 2.45) is 5.73 Å². The second-order valence-electron chi connectivity index (χ2n) is 5.41. The van der Waals surface area contributed by atoms with Crippen LogP contribution in [0.1, 0.15) is 29.9 Å². The van der Waals surface area contributed by atoms with Crippen LogP contribution in [0.3, 0.4) is 0 Å². The molecule has 110 valence electrons. The van der Waals surface area contributed by atoms with Crippen LogP contribution in [-0.4, -0.2) is 22.6 Å². The Balaban J connectivity index is 2.04. The number of nitrogens with one attached hydrogen (secondary N) is 1. The molecule has 1 aromatic heterocycles. The molecular formula is C15H17FN4O. The molecule has 0 aliphatic rings. The summed E-state index contributed by atoms with van der Waals surface area (Å²) in [6.45, 7) is 4.67. The van der Waals surface area contributed by atoms with Gasteiger partial charge in [-0.3, -0.25) is 4.79 Å². The van der Waals surface area contributed by atoms with Gasteiger partial charge in [0.2, 0.25) is 0 Å². The third kappa shape index (κ3) is 3.75. The fourth-order valence-electron chi connectivity index (χ4n) is 1.87. The molecule has 0 aliphatic heterocycles. The Morgan fingerprint density at radius 3 is 2.38 bits per heavy atom. The van der Waals surface area contributed by atoms with E-state index in [1.807, 2.05) is 13.8 Å². The minimum absolute atomic E-state index is 0.123. The molecule has 0 fully saturated rings. The normalized spacial score (nSPS) is 11.2. The second kappa shape index (κ2) is 5.87. The van der Waals surface area contributed by atoms with Gasteiger partial charge in [-0.2, -0.15) is 0 Å². The minimum atomic E-state index is -0.610. The summed E-state index contributed by atoms with van der Waals surface area (Å²) >= 11 is 0. The average Bonchev–Trinajstić information content (AvgIpc) is 2.46. The Kier molecular flexibility index (Phi) is 4.16. The van der Waals surface area contributed by atoms with Crippen LogP contribution in [0.4, 0.5) is 10.2 Å². The Morgan fingerprint density at radius 2 is 1.86 bits per heavy atom. The van der Waals surface area contributed by atoms with E-state index < -0.39 is 5.91 Å². The van der Waals surface area contributed by atoms with Gasteiger partial charge in [-0.05, 0) is 29.8 Å². The lowest BCUT2D eigenvalue weighted by atomic mass is 9.84. The number of rotatable bonds is 5. The van der Waals surface area contributed by atoms with Crippen LogP contribution in [0.2, 0.25) is 0 Å². The van der Waals surface area contributed by atoms with Crippen molar-refractivity contribution < 1.29 is 9.18 Å². The summed E-state index contributed by atoms with van der Waals surface area (Å²) in [6, 6.07) is 9.57. The van der Waals surface area contributed by atoms with E-state index in [9.17, 15) is 9.18 Å². The molecule has 1 heterocycles. The topological polar surface area (TPSA) is 80.9 Å². The molecule has 0 aliphatic carbocycles. The van der Waals surface area contributed by atoms with Crippen LogP contribution in [0.5, 0.6) is 0 Å². The Bertz CT molecular complexity index is 623. The Hall–Kier alpha value is -2.50. The van der Waals surface area contributed by atoms with Crippen molar-refractivity contribution in [3.8, 4) is 0 Å². The number of nitrogens with two attached hydrogens (primary N) is 1. The van der Waals surface area contributed by atoms with Crippen molar-refractivity contribution in [2.75, 3.05) is 11.9 Å². The predicted octanol–water partition coefficient (Wildman–Crippen LogP) is 2.10. The van der Waals surface area contributed by atoms with E-state index in [1.165, 1.54) is 18.2 Å². The highest BCUT2D eigenvalue weighted by molar-refractivity contribution is 5.90. The number of primary amides is 1. The van der Waals surface area contributed by atoms with Gasteiger partial charge in [-0.25, -0.2) is 4.39 Å². The smallest absolute Gasteiger partial charge is 0.269 e. The minimum Gasteiger partial charge on any atom is -0.368 e. The predicted molar refractivity (Wildman–Crippen MR) is 78.5 cm³/mol. The molecule has 5 nitrogen and oxygen atoms in total. The maximum atomic E-state index is 13.0. The molecule has 0 spiro atoms. The van der Waals surface area contributed by atoms with E-state index in [0.717, 1.165) is 5.56 Å². The van der Waals surface area contributed by atoms with Gasteiger partial charge in [0, 0.05) is 12.0 Å². The van der Waals surface area contributed by atoms with Crippen molar-refractivity contribution >= 4 is 11.7 Å². The summed E-state index contributed by atoms with van der Waals surface area (Å²) in [5, 5.41) is 10.8.